The summed E-state index contributed by atoms with van der Waals surface area (Å²) in [6, 6.07) is 7.55. The van der Waals surface area contributed by atoms with Crippen molar-refractivity contribution in [3.63, 3.8) is 0 Å². The predicted octanol–water partition coefficient (Wildman–Crippen LogP) is 3.50. The number of rotatable bonds is 5. The fourth-order valence-corrected chi connectivity index (χ4v) is 5.15. The van der Waals surface area contributed by atoms with Crippen molar-refractivity contribution in [2.24, 2.45) is 17.0 Å². The molecule has 2 heterocycles. The molecule has 2 aromatic carbocycles. The molecule has 34 heavy (non-hydrogen) atoms. The summed E-state index contributed by atoms with van der Waals surface area (Å²) in [6.45, 7) is 3.97. The zero-order valence-corrected chi connectivity index (χ0v) is 20.0. The lowest BCUT2D eigenvalue weighted by molar-refractivity contribution is -0.147. The van der Waals surface area contributed by atoms with E-state index in [1.54, 1.807) is 21.3 Å². The number of nitrogens with zero attached hydrogens (tertiary/aromatic N) is 1. The smallest absolute Gasteiger partial charge is 0.310 e. The van der Waals surface area contributed by atoms with Gasteiger partial charge in [-0.15, -0.1) is 0 Å². The molecule has 3 atom stereocenters. The van der Waals surface area contributed by atoms with Gasteiger partial charge in [0.25, 0.3) is 0 Å². The molecule has 0 unspecified atom stereocenters. The second kappa shape index (κ2) is 8.00. The van der Waals surface area contributed by atoms with Gasteiger partial charge in [-0.25, -0.2) is 0 Å². The van der Waals surface area contributed by atoms with Crippen molar-refractivity contribution in [1.29, 1.82) is 0 Å². The first-order valence-electron chi connectivity index (χ1n) is 11.0. The largest absolute Gasteiger partial charge is 0.493 e. The van der Waals surface area contributed by atoms with Gasteiger partial charge in [0.05, 0.1) is 46.0 Å². The summed E-state index contributed by atoms with van der Waals surface area (Å²) >= 11 is 0. The molecular formula is C25H27NO8. The summed E-state index contributed by atoms with van der Waals surface area (Å²) in [4.78, 5) is 18.7. The molecule has 9 nitrogen and oxygen atoms in total. The van der Waals surface area contributed by atoms with E-state index >= 15 is 0 Å². The topological polar surface area (TPSA) is 94.0 Å². The molecule has 2 aromatic rings. The van der Waals surface area contributed by atoms with Crippen molar-refractivity contribution in [1.82, 2.24) is 0 Å². The van der Waals surface area contributed by atoms with E-state index in [9.17, 15) is 4.79 Å². The van der Waals surface area contributed by atoms with Gasteiger partial charge in [-0.05, 0) is 35.4 Å². The number of esters is 1. The maximum Gasteiger partial charge on any atom is 0.310 e. The van der Waals surface area contributed by atoms with Crippen molar-refractivity contribution in [2.75, 3.05) is 35.0 Å². The highest BCUT2D eigenvalue weighted by Crippen LogP contribution is 2.53. The molecule has 0 spiro atoms. The zero-order chi connectivity index (χ0) is 24.2. The average molecular weight is 469 g/mol. The number of benzene rings is 2. The number of hydrogen-bond acceptors (Lipinski definition) is 9. The minimum absolute atomic E-state index is 0.273. The van der Waals surface area contributed by atoms with Gasteiger partial charge in [0.1, 0.15) is 6.61 Å². The molecule has 3 aliphatic rings. The summed E-state index contributed by atoms with van der Waals surface area (Å²) < 4.78 is 34.0. The maximum absolute atomic E-state index is 13.2. The summed E-state index contributed by atoms with van der Waals surface area (Å²) in [7, 11) is 6.06. The average Bonchev–Trinajstić information content (AvgIpc) is 3.42. The first kappa shape index (κ1) is 22.2. The van der Waals surface area contributed by atoms with Gasteiger partial charge in [-0.3, -0.25) is 4.79 Å². The quantitative estimate of drug-likeness (QED) is 0.615. The van der Waals surface area contributed by atoms with Crippen LogP contribution in [-0.2, 0) is 14.4 Å². The highest BCUT2D eigenvalue weighted by molar-refractivity contribution is 6.08. The lowest BCUT2D eigenvalue weighted by Gasteiger charge is -2.36. The first-order valence-corrected chi connectivity index (χ1v) is 11.0. The predicted molar refractivity (Wildman–Crippen MR) is 121 cm³/mol. The van der Waals surface area contributed by atoms with E-state index < -0.39 is 17.6 Å². The lowest BCUT2D eigenvalue weighted by Crippen LogP contribution is -2.40. The Morgan fingerprint density at radius 1 is 0.971 bits per heavy atom. The number of carbonyl (C=O) groups is 1. The summed E-state index contributed by atoms with van der Waals surface area (Å²) in [5, 5.41) is 4.29. The zero-order valence-electron chi connectivity index (χ0n) is 20.0. The molecule has 0 N–H and O–H groups in total. The molecule has 5 rings (SSSR count). The van der Waals surface area contributed by atoms with Crippen LogP contribution in [0.15, 0.2) is 29.4 Å². The van der Waals surface area contributed by atoms with E-state index in [1.165, 1.54) is 7.11 Å². The van der Waals surface area contributed by atoms with Crippen LogP contribution in [0.1, 0.15) is 36.5 Å². The maximum atomic E-state index is 13.2. The van der Waals surface area contributed by atoms with E-state index in [2.05, 4.69) is 5.16 Å². The van der Waals surface area contributed by atoms with Crippen LogP contribution in [0, 0.1) is 11.8 Å². The third-order valence-electron chi connectivity index (χ3n) is 6.52. The SMILES string of the molecule is COC(=O)[C@@H]1[C@H](c2cc(OC)c(OC)c(OC)c2)c2cc3c(cc2C2=NOC[C@H]21)OC(C)(C)O3. The molecular weight excluding hydrogens is 442 g/mol. The fraction of sp³-hybridized carbons (Fsp3) is 0.440. The second-order valence-corrected chi connectivity index (χ2v) is 8.85. The molecule has 1 aliphatic carbocycles. The number of carbonyl (C=O) groups excluding carboxylic acids is 1. The Balaban J connectivity index is 1.77. The molecule has 0 saturated carbocycles. The van der Waals surface area contributed by atoms with E-state index in [1.807, 2.05) is 38.1 Å². The number of oxime groups is 1. The monoisotopic (exact) mass is 469 g/mol. The molecule has 0 fully saturated rings. The van der Waals surface area contributed by atoms with Crippen molar-refractivity contribution in [3.8, 4) is 28.7 Å². The Morgan fingerprint density at radius 3 is 2.21 bits per heavy atom. The second-order valence-electron chi connectivity index (χ2n) is 8.85. The number of ether oxygens (including phenoxy) is 6. The molecule has 180 valence electrons. The van der Waals surface area contributed by atoms with Gasteiger partial charge in [-0.2, -0.15) is 0 Å². The minimum Gasteiger partial charge on any atom is -0.493 e. The van der Waals surface area contributed by atoms with Gasteiger partial charge in [0.15, 0.2) is 23.0 Å². The Kier molecular flexibility index (Phi) is 5.22. The molecule has 0 amide bonds. The van der Waals surface area contributed by atoms with Crippen LogP contribution >= 0.6 is 0 Å². The summed E-state index contributed by atoms with van der Waals surface area (Å²) in [5.74, 6) is 0.219. The minimum atomic E-state index is -0.802. The molecule has 9 heteroatoms. The highest BCUT2D eigenvalue weighted by atomic mass is 16.7. The van der Waals surface area contributed by atoms with Crippen LogP contribution in [0.5, 0.6) is 28.7 Å². The molecule has 2 aliphatic heterocycles. The Labute approximate surface area is 197 Å². The van der Waals surface area contributed by atoms with Crippen LogP contribution in [0.4, 0.5) is 0 Å². The van der Waals surface area contributed by atoms with Crippen LogP contribution in [0.3, 0.4) is 0 Å². The Hall–Kier alpha value is -3.62. The van der Waals surface area contributed by atoms with Gasteiger partial charge < -0.3 is 33.3 Å². The summed E-state index contributed by atoms with van der Waals surface area (Å²) in [5.41, 5.74) is 3.20. The van der Waals surface area contributed by atoms with Crippen molar-refractivity contribution in [3.05, 3.63) is 41.0 Å². The summed E-state index contributed by atoms with van der Waals surface area (Å²) in [6.07, 6.45) is 0. The van der Waals surface area contributed by atoms with E-state index in [0.29, 0.717) is 34.5 Å². The van der Waals surface area contributed by atoms with Gasteiger partial charge >= 0.3 is 5.97 Å². The fourth-order valence-electron chi connectivity index (χ4n) is 5.15. The third kappa shape index (κ3) is 3.29. The Bertz CT molecular complexity index is 1160. The first-order chi connectivity index (χ1) is 16.3. The molecule has 0 aromatic heterocycles. The van der Waals surface area contributed by atoms with Crippen LogP contribution < -0.4 is 23.7 Å². The molecule has 0 radical (unpaired) electrons. The number of fused-ring (bicyclic) bond motifs is 4. The molecule has 0 saturated heterocycles. The van der Waals surface area contributed by atoms with Gasteiger partial charge in [0.2, 0.25) is 11.5 Å². The third-order valence-corrected chi connectivity index (χ3v) is 6.52. The lowest BCUT2D eigenvalue weighted by atomic mass is 9.65. The van der Waals surface area contributed by atoms with E-state index in [0.717, 1.165) is 16.7 Å². The molecule has 0 bridgehead atoms. The van der Waals surface area contributed by atoms with Crippen molar-refractivity contribution >= 4 is 11.7 Å². The van der Waals surface area contributed by atoms with E-state index in [4.69, 9.17) is 33.3 Å². The van der Waals surface area contributed by atoms with Crippen LogP contribution in [0.25, 0.3) is 0 Å². The van der Waals surface area contributed by atoms with Crippen LogP contribution in [0.2, 0.25) is 0 Å². The van der Waals surface area contributed by atoms with Crippen LogP contribution in [-0.4, -0.2) is 52.5 Å². The normalized spacial score (nSPS) is 23.2. The number of methoxy groups -OCH3 is 4. The van der Waals surface area contributed by atoms with Crippen molar-refractivity contribution in [2.45, 2.75) is 25.6 Å². The van der Waals surface area contributed by atoms with Crippen molar-refractivity contribution < 1.29 is 38.1 Å². The Morgan fingerprint density at radius 2 is 1.62 bits per heavy atom. The number of hydrogen-bond donors (Lipinski definition) is 0. The highest BCUT2D eigenvalue weighted by Gasteiger charge is 2.50. The van der Waals surface area contributed by atoms with Gasteiger partial charge in [0, 0.05) is 25.3 Å². The standard InChI is InChI=1S/C25H27NO8/c1-25(2)33-16-9-13-14(10-17(16)34-25)22-15(11-32-26-22)21(24(27)31-6)20(13)12-7-18(28-3)23(30-5)19(8-12)29-4/h7-10,15,20-21H,11H2,1-6H3/t15-,20+,21-/m0/s1. The van der Waals surface area contributed by atoms with E-state index in [-0.39, 0.29) is 18.5 Å². The van der Waals surface area contributed by atoms with Gasteiger partial charge in [-0.1, -0.05) is 5.16 Å².